The van der Waals surface area contributed by atoms with Crippen LogP contribution in [0.3, 0.4) is 0 Å². The first-order chi connectivity index (χ1) is 13.1. The molecule has 0 radical (unpaired) electrons. The van der Waals surface area contributed by atoms with Crippen LogP contribution in [0.5, 0.6) is 0 Å². The van der Waals surface area contributed by atoms with Crippen LogP contribution in [-0.4, -0.2) is 16.6 Å². The molecule has 0 fully saturated rings. The molecule has 0 bridgehead atoms. The number of hydrogen-bond acceptors (Lipinski definition) is 4. The predicted molar refractivity (Wildman–Crippen MR) is 106 cm³/mol. The fourth-order valence-electron chi connectivity index (χ4n) is 3.92. The van der Waals surface area contributed by atoms with Gasteiger partial charge in [-0.15, -0.1) is 11.3 Å². The van der Waals surface area contributed by atoms with Crippen molar-refractivity contribution in [1.29, 1.82) is 5.26 Å². The van der Waals surface area contributed by atoms with E-state index in [9.17, 15) is 10.1 Å². The number of carbonyl (C=O) groups is 1. The Bertz CT molecular complexity index is 1010. The van der Waals surface area contributed by atoms with Crippen LogP contribution in [0.4, 0.5) is 9.93 Å². The van der Waals surface area contributed by atoms with Crippen molar-refractivity contribution in [1.82, 2.24) is 10.3 Å². The number of amides is 2. The number of hydrogen-bond donors (Lipinski definition) is 2. The average molecular weight is 374 g/mol. The van der Waals surface area contributed by atoms with Gasteiger partial charge in [-0.05, 0) is 42.2 Å². The summed E-state index contributed by atoms with van der Waals surface area (Å²) in [7, 11) is 0. The third-order valence-corrected chi connectivity index (χ3v) is 5.65. The van der Waals surface area contributed by atoms with E-state index in [1.165, 1.54) is 11.3 Å². The molecule has 1 heterocycles. The van der Waals surface area contributed by atoms with Crippen molar-refractivity contribution in [3.63, 3.8) is 0 Å². The molecule has 0 saturated carbocycles. The molecule has 0 saturated heterocycles. The number of benzene rings is 2. The summed E-state index contributed by atoms with van der Waals surface area (Å²) in [4.78, 5) is 16.7. The molecule has 27 heavy (non-hydrogen) atoms. The van der Waals surface area contributed by atoms with Gasteiger partial charge in [-0.3, -0.25) is 5.32 Å². The lowest BCUT2D eigenvalue weighted by Gasteiger charge is -2.33. The van der Waals surface area contributed by atoms with Crippen molar-refractivity contribution in [3.8, 4) is 6.07 Å². The second kappa shape index (κ2) is 6.86. The lowest BCUT2D eigenvalue weighted by Crippen LogP contribution is -2.51. The van der Waals surface area contributed by atoms with Gasteiger partial charge in [0.05, 0.1) is 17.2 Å². The van der Waals surface area contributed by atoms with E-state index in [-0.39, 0.29) is 11.9 Å². The fraction of sp³-hybridized carbons (Fsp3) is 0.190. The van der Waals surface area contributed by atoms with E-state index in [1.807, 2.05) is 41.8 Å². The molecule has 1 aromatic heterocycles. The van der Waals surface area contributed by atoms with Crippen molar-refractivity contribution in [3.05, 3.63) is 82.4 Å². The largest absolute Gasteiger partial charge is 0.331 e. The highest BCUT2D eigenvalue weighted by Crippen LogP contribution is 2.45. The van der Waals surface area contributed by atoms with Crippen LogP contribution in [0.1, 0.15) is 35.1 Å². The fourth-order valence-corrected chi connectivity index (χ4v) is 4.44. The summed E-state index contributed by atoms with van der Waals surface area (Å²) >= 11 is 1.38. The average Bonchev–Trinajstić information content (AvgIpc) is 3.26. The van der Waals surface area contributed by atoms with Gasteiger partial charge in [-0.25, -0.2) is 9.78 Å². The molecule has 134 valence electrons. The zero-order valence-electron chi connectivity index (χ0n) is 14.8. The number of fused-ring (bicyclic) bond motifs is 1. The second-order valence-corrected chi connectivity index (χ2v) is 7.77. The highest BCUT2D eigenvalue weighted by Gasteiger charge is 2.44. The van der Waals surface area contributed by atoms with Gasteiger partial charge in [0.15, 0.2) is 5.13 Å². The molecule has 0 unspecified atom stereocenters. The van der Waals surface area contributed by atoms with Crippen molar-refractivity contribution in [2.75, 3.05) is 5.32 Å². The van der Waals surface area contributed by atoms with Crippen LogP contribution in [0.2, 0.25) is 0 Å². The summed E-state index contributed by atoms with van der Waals surface area (Å²) in [5.41, 5.74) is 3.48. The molecule has 3 aromatic rings. The minimum atomic E-state index is -0.515. The van der Waals surface area contributed by atoms with E-state index in [4.69, 9.17) is 0 Å². The van der Waals surface area contributed by atoms with Crippen LogP contribution in [0.15, 0.2) is 60.1 Å². The molecule has 4 rings (SSSR count). The normalized spacial score (nSPS) is 20.5. The van der Waals surface area contributed by atoms with Crippen LogP contribution >= 0.6 is 11.3 Å². The highest BCUT2D eigenvalue weighted by atomic mass is 32.1. The molecule has 1 aliphatic carbocycles. The number of nitrogens with one attached hydrogen (secondary N) is 2. The van der Waals surface area contributed by atoms with Gasteiger partial charge >= 0.3 is 6.03 Å². The van der Waals surface area contributed by atoms with Crippen molar-refractivity contribution in [2.24, 2.45) is 0 Å². The molecule has 6 heteroatoms. The summed E-state index contributed by atoms with van der Waals surface area (Å²) in [5, 5.41) is 17.7. The second-order valence-electron chi connectivity index (χ2n) is 6.88. The predicted octanol–water partition coefficient (Wildman–Crippen LogP) is 4.28. The Morgan fingerprint density at radius 3 is 2.81 bits per heavy atom. The van der Waals surface area contributed by atoms with Crippen molar-refractivity contribution in [2.45, 2.75) is 24.8 Å². The molecule has 5 nitrogen and oxygen atoms in total. The highest BCUT2D eigenvalue weighted by molar-refractivity contribution is 7.13. The topological polar surface area (TPSA) is 77.8 Å². The zero-order valence-corrected chi connectivity index (χ0v) is 15.6. The van der Waals surface area contributed by atoms with Crippen molar-refractivity contribution < 1.29 is 4.79 Å². The Morgan fingerprint density at radius 2 is 2.11 bits per heavy atom. The minimum Gasteiger partial charge on any atom is -0.331 e. The number of thiazole rings is 1. The smallest absolute Gasteiger partial charge is 0.321 e. The molecule has 0 aliphatic heterocycles. The number of urea groups is 1. The summed E-state index contributed by atoms with van der Waals surface area (Å²) in [6.07, 6.45) is 2.35. The van der Waals surface area contributed by atoms with Gasteiger partial charge in [0.2, 0.25) is 0 Å². The Morgan fingerprint density at radius 1 is 1.30 bits per heavy atom. The first kappa shape index (κ1) is 17.3. The summed E-state index contributed by atoms with van der Waals surface area (Å²) < 4.78 is 0. The summed E-state index contributed by atoms with van der Waals surface area (Å²) in [6.45, 7) is 2.05. The first-order valence-corrected chi connectivity index (χ1v) is 9.53. The lowest BCUT2D eigenvalue weighted by molar-refractivity contribution is 0.237. The molecule has 2 atom stereocenters. The van der Waals surface area contributed by atoms with E-state index >= 15 is 0 Å². The Balaban J connectivity index is 1.70. The molecule has 2 aromatic carbocycles. The number of nitriles is 1. The third kappa shape index (κ3) is 3.29. The molecule has 1 aliphatic rings. The van der Waals surface area contributed by atoms with Gasteiger partial charge in [0.25, 0.3) is 0 Å². The number of carbonyl (C=O) groups excluding carboxylic acids is 1. The number of aromatic nitrogens is 1. The van der Waals surface area contributed by atoms with Crippen LogP contribution in [0, 0.1) is 11.3 Å². The molecular weight excluding hydrogens is 356 g/mol. The maximum absolute atomic E-state index is 12.6. The maximum atomic E-state index is 12.6. The summed E-state index contributed by atoms with van der Waals surface area (Å²) in [6, 6.07) is 17.8. The Labute approximate surface area is 161 Å². The first-order valence-electron chi connectivity index (χ1n) is 8.65. The number of rotatable bonds is 3. The van der Waals surface area contributed by atoms with E-state index in [0.29, 0.717) is 17.1 Å². The SMILES string of the molecule is C[C@]1(NC(=O)Nc2nccs2)Cc2ccc(C#N)cc2[C@H]1c1ccccc1. The van der Waals surface area contributed by atoms with Crippen LogP contribution in [-0.2, 0) is 6.42 Å². The van der Waals surface area contributed by atoms with Gasteiger partial charge in [-0.1, -0.05) is 36.4 Å². The molecule has 2 N–H and O–H groups in total. The van der Waals surface area contributed by atoms with Crippen LogP contribution in [0.25, 0.3) is 0 Å². The number of nitrogens with zero attached hydrogens (tertiary/aromatic N) is 2. The third-order valence-electron chi connectivity index (χ3n) is 4.97. The van der Waals surface area contributed by atoms with Crippen LogP contribution < -0.4 is 10.6 Å². The Kier molecular flexibility index (Phi) is 4.38. The molecule has 2 amide bonds. The van der Waals surface area contributed by atoms with Gasteiger partial charge in [-0.2, -0.15) is 5.26 Å². The maximum Gasteiger partial charge on any atom is 0.321 e. The lowest BCUT2D eigenvalue weighted by atomic mass is 9.81. The van der Waals surface area contributed by atoms with Gasteiger partial charge in [0.1, 0.15) is 0 Å². The monoisotopic (exact) mass is 374 g/mol. The summed E-state index contributed by atoms with van der Waals surface area (Å²) in [5.74, 6) is -0.0379. The minimum absolute atomic E-state index is 0.0379. The van der Waals surface area contributed by atoms with E-state index < -0.39 is 5.54 Å². The quantitative estimate of drug-likeness (QED) is 0.718. The zero-order chi connectivity index (χ0) is 18.9. The Hall–Kier alpha value is -3.17. The van der Waals surface area contributed by atoms with Crippen molar-refractivity contribution >= 4 is 22.5 Å². The van der Waals surface area contributed by atoms with Gasteiger partial charge in [0, 0.05) is 17.5 Å². The van der Waals surface area contributed by atoms with E-state index in [1.54, 1.807) is 6.20 Å². The number of anilines is 1. The standard InChI is InChI=1S/C21H18N4OS/c1-21(25-19(26)24-20-23-9-10-27-20)12-16-8-7-14(13-22)11-17(16)18(21)15-5-3-2-4-6-15/h2-11,18H,12H2,1H3,(H2,23,24,25,26)/t18-,21+/m1/s1. The van der Waals surface area contributed by atoms with Gasteiger partial charge < -0.3 is 5.32 Å². The molecular formula is C21H18N4OS. The van der Waals surface area contributed by atoms with E-state index in [2.05, 4.69) is 40.7 Å². The van der Waals surface area contributed by atoms with E-state index in [0.717, 1.165) is 16.7 Å². The molecule has 0 spiro atoms.